The van der Waals surface area contributed by atoms with Crippen LogP contribution in [0.25, 0.3) is 0 Å². The highest BCUT2D eigenvalue weighted by Gasteiger charge is 2.32. The van der Waals surface area contributed by atoms with Crippen LogP contribution in [0.1, 0.15) is 40.9 Å². The molecule has 0 aliphatic carbocycles. The molecular weight excluding hydrogens is 284 g/mol. The average Bonchev–Trinajstić information content (AvgIpc) is 3.17. The van der Waals surface area contributed by atoms with Crippen LogP contribution >= 0.6 is 11.3 Å². The Hall–Kier alpha value is -1.36. The molecule has 0 saturated carbocycles. The molecule has 1 unspecified atom stereocenters. The van der Waals surface area contributed by atoms with E-state index in [0.717, 1.165) is 55.8 Å². The zero-order chi connectivity index (χ0) is 14.8. The third kappa shape index (κ3) is 2.98. The van der Waals surface area contributed by atoms with Crippen LogP contribution in [0.2, 0.25) is 0 Å². The third-order valence-electron chi connectivity index (χ3n) is 4.53. The lowest BCUT2D eigenvalue weighted by Gasteiger charge is -2.33. The molecule has 0 aromatic carbocycles. The molecule has 2 amide bonds. The molecule has 0 bridgehead atoms. The smallest absolute Gasteiger partial charge is 0.264 e. The molecule has 2 fully saturated rings. The van der Waals surface area contributed by atoms with Gasteiger partial charge in [0.15, 0.2) is 0 Å². The number of thiophene rings is 1. The van der Waals surface area contributed by atoms with E-state index in [1.807, 2.05) is 28.2 Å². The first kappa shape index (κ1) is 14.6. The number of carbonyl (C=O) groups is 2. The van der Waals surface area contributed by atoms with Crippen LogP contribution in [0.3, 0.4) is 0 Å². The number of carbonyl (C=O) groups excluding carboxylic acids is 2. The fraction of sp³-hybridized carbons (Fsp3) is 0.625. The number of hydrogen-bond donors (Lipinski definition) is 0. The molecule has 21 heavy (non-hydrogen) atoms. The molecule has 2 saturated heterocycles. The standard InChI is InChI=1S/C16H22N2O2S/c1-12-6-10-21-14(12)16(20)18-9-4-5-13(11-18)15(19)17-7-2-3-8-17/h6,10,13H,2-5,7-9,11H2,1H3. The molecule has 0 spiro atoms. The Bertz CT molecular complexity index is 534. The van der Waals surface area contributed by atoms with E-state index in [2.05, 4.69) is 0 Å². The number of piperidine rings is 1. The second kappa shape index (κ2) is 6.18. The summed E-state index contributed by atoms with van der Waals surface area (Å²) in [5, 5.41) is 1.96. The van der Waals surface area contributed by atoms with Crippen molar-refractivity contribution in [1.82, 2.24) is 9.80 Å². The highest BCUT2D eigenvalue weighted by molar-refractivity contribution is 7.12. The summed E-state index contributed by atoms with van der Waals surface area (Å²) in [7, 11) is 0. The number of aryl methyl sites for hydroxylation is 1. The van der Waals surface area contributed by atoms with Crippen LogP contribution in [0, 0.1) is 12.8 Å². The van der Waals surface area contributed by atoms with Gasteiger partial charge in [-0.2, -0.15) is 0 Å². The summed E-state index contributed by atoms with van der Waals surface area (Å²) in [6.45, 7) is 5.13. The monoisotopic (exact) mass is 306 g/mol. The minimum atomic E-state index is 0.000989. The molecule has 2 aliphatic heterocycles. The largest absolute Gasteiger partial charge is 0.342 e. The van der Waals surface area contributed by atoms with Crippen molar-refractivity contribution in [1.29, 1.82) is 0 Å². The highest BCUT2D eigenvalue weighted by atomic mass is 32.1. The van der Waals surface area contributed by atoms with E-state index in [1.54, 1.807) is 0 Å². The molecule has 1 aromatic rings. The first-order valence-electron chi connectivity index (χ1n) is 7.79. The Balaban J connectivity index is 1.66. The van der Waals surface area contributed by atoms with Gasteiger partial charge in [0.05, 0.1) is 10.8 Å². The maximum atomic E-state index is 12.6. The van der Waals surface area contributed by atoms with E-state index < -0.39 is 0 Å². The van der Waals surface area contributed by atoms with E-state index in [-0.39, 0.29) is 17.7 Å². The predicted octanol–water partition coefficient (Wildman–Crippen LogP) is 2.53. The Labute approximate surface area is 129 Å². The van der Waals surface area contributed by atoms with Crippen molar-refractivity contribution in [3.8, 4) is 0 Å². The second-order valence-electron chi connectivity index (χ2n) is 6.06. The van der Waals surface area contributed by atoms with Crippen molar-refractivity contribution < 1.29 is 9.59 Å². The lowest BCUT2D eigenvalue weighted by atomic mass is 9.96. The Morgan fingerprint density at radius 2 is 1.86 bits per heavy atom. The van der Waals surface area contributed by atoms with E-state index in [9.17, 15) is 9.59 Å². The quantitative estimate of drug-likeness (QED) is 0.842. The molecule has 1 aromatic heterocycles. The summed E-state index contributed by atoms with van der Waals surface area (Å²) in [6, 6.07) is 1.98. The van der Waals surface area contributed by atoms with Gasteiger partial charge in [0.1, 0.15) is 0 Å². The average molecular weight is 306 g/mol. The highest BCUT2D eigenvalue weighted by Crippen LogP contribution is 2.25. The van der Waals surface area contributed by atoms with Crippen molar-refractivity contribution in [2.24, 2.45) is 5.92 Å². The van der Waals surface area contributed by atoms with E-state index >= 15 is 0 Å². The zero-order valence-corrected chi connectivity index (χ0v) is 13.3. The second-order valence-corrected chi connectivity index (χ2v) is 6.97. The molecule has 114 valence electrons. The van der Waals surface area contributed by atoms with E-state index in [0.29, 0.717) is 6.54 Å². The van der Waals surface area contributed by atoms with Crippen LogP contribution < -0.4 is 0 Å². The SMILES string of the molecule is Cc1ccsc1C(=O)N1CCCC(C(=O)N2CCCC2)C1. The van der Waals surface area contributed by atoms with Gasteiger partial charge in [-0.1, -0.05) is 0 Å². The summed E-state index contributed by atoms with van der Waals surface area (Å²) in [5.74, 6) is 0.357. The molecule has 2 aliphatic rings. The summed E-state index contributed by atoms with van der Waals surface area (Å²) >= 11 is 1.50. The number of hydrogen-bond acceptors (Lipinski definition) is 3. The molecule has 1 atom stereocenters. The summed E-state index contributed by atoms with van der Waals surface area (Å²) < 4.78 is 0. The third-order valence-corrected chi connectivity index (χ3v) is 5.54. The Morgan fingerprint density at radius 1 is 1.14 bits per heavy atom. The van der Waals surface area contributed by atoms with Crippen LogP contribution in [0.15, 0.2) is 11.4 Å². The van der Waals surface area contributed by atoms with Gasteiger partial charge in [-0.3, -0.25) is 9.59 Å². The number of rotatable bonds is 2. The normalized spacial score (nSPS) is 22.6. The Kier molecular flexibility index (Phi) is 4.29. The summed E-state index contributed by atoms with van der Waals surface area (Å²) in [5.41, 5.74) is 1.04. The van der Waals surface area contributed by atoms with Gasteiger partial charge in [0.25, 0.3) is 5.91 Å². The number of likely N-dealkylation sites (tertiary alicyclic amines) is 2. The minimum Gasteiger partial charge on any atom is -0.342 e. The Morgan fingerprint density at radius 3 is 2.52 bits per heavy atom. The van der Waals surface area contributed by atoms with Crippen molar-refractivity contribution in [3.05, 3.63) is 21.9 Å². The summed E-state index contributed by atoms with van der Waals surface area (Å²) in [4.78, 5) is 29.8. The molecular formula is C16H22N2O2S. The lowest BCUT2D eigenvalue weighted by Crippen LogP contribution is -2.46. The van der Waals surface area contributed by atoms with Crippen LogP contribution in [-0.4, -0.2) is 47.8 Å². The maximum Gasteiger partial charge on any atom is 0.264 e. The predicted molar refractivity (Wildman–Crippen MR) is 83.5 cm³/mol. The van der Waals surface area contributed by atoms with Crippen LogP contribution in [-0.2, 0) is 4.79 Å². The molecule has 3 rings (SSSR count). The van der Waals surface area contributed by atoms with E-state index in [4.69, 9.17) is 0 Å². The van der Waals surface area contributed by atoms with Crippen molar-refractivity contribution >= 4 is 23.2 Å². The minimum absolute atomic E-state index is 0.000989. The lowest BCUT2D eigenvalue weighted by molar-refractivity contribution is -0.135. The number of amides is 2. The van der Waals surface area contributed by atoms with Gasteiger partial charge in [-0.15, -0.1) is 11.3 Å². The molecule has 5 heteroatoms. The summed E-state index contributed by atoms with van der Waals surface area (Å²) in [6.07, 6.45) is 4.09. The van der Waals surface area contributed by atoms with Gasteiger partial charge in [0.2, 0.25) is 5.91 Å². The first-order valence-corrected chi connectivity index (χ1v) is 8.67. The van der Waals surface area contributed by atoms with Crippen molar-refractivity contribution in [2.75, 3.05) is 26.2 Å². The van der Waals surface area contributed by atoms with Gasteiger partial charge < -0.3 is 9.80 Å². The molecule has 3 heterocycles. The van der Waals surface area contributed by atoms with Gasteiger partial charge in [0, 0.05) is 26.2 Å². The van der Waals surface area contributed by atoms with Crippen LogP contribution in [0.5, 0.6) is 0 Å². The first-order chi connectivity index (χ1) is 10.2. The zero-order valence-electron chi connectivity index (χ0n) is 12.5. The van der Waals surface area contributed by atoms with Gasteiger partial charge in [-0.25, -0.2) is 0 Å². The fourth-order valence-corrected chi connectivity index (χ4v) is 4.19. The van der Waals surface area contributed by atoms with E-state index in [1.165, 1.54) is 11.3 Å². The fourth-order valence-electron chi connectivity index (χ4n) is 3.29. The maximum absolute atomic E-state index is 12.6. The van der Waals surface area contributed by atoms with Gasteiger partial charge >= 0.3 is 0 Å². The van der Waals surface area contributed by atoms with Gasteiger partial charge in [-0.05, 0) is 49.6 Å². The van der Waals surface area contributed by atoms with Crippen molar-refractivity contribution in [2.45, 2.75) is 32.6 Å². The topological polar surface area (TPSA) is 40.6 Å². The molecule has 0 radical (unpaired) electrons. The van der Waals surface area contributed by atoms with Crippen molar-refractivity contribution in [3.63, 3.8) is 0 Å². The number of nitrogens with zero attached hydrogens (tertiary/aromatic N) is 2. The molecule has 4 nitrogen and oxygen atoms in total. The van der Waals surface area contributed by atoms with Crippen LogP contribution in [0.4, 0.5) is 0 Å². The molecule has 0 N–H and O–H groups in total.